The van der Waals surface area contributed by atoms with Crippen molar-refractivity contribution in [1.29, 1.82) is 0 Å². The predicted octanol–water partition coefficient (Wildman–Crippen LogP) is 25.9. The van der Waals surface area contributed by atoms with Gasteiger partial charge in [0.25, 0.3) is 0 Å². The van der Waals surface area contributed by atoms with Crippen molar-refractivity contribution in [3.05, 3.63) is 182 Å². The molecule has 0 amide bonds. The maximum Gasteiger partial charge on any atom is 0.472 e. The lowest BCUT2D eigenvalue weighted by Crippen LogP contribution is -2.30. The van der Waals surface area contributed by atoms with Gasteiger partial charge in [-0.05, 0) is 154 Å². The summed E-state index contributed by atoms with van der Waals surface area (Å²) >= 11 is 0. The van der Waals surface area contributed by atoms with Crippen LogP contribution in [0.4, 0.5) is 0 Å². The molecular weight excluding hydrogens is 1450 g/mol. The molecule has 0 saturated heterocycles. The van der Waals surface area contributed by atoms with E-state index in [1.165, 1.54) is 83.5 Å². The highest BCUT2D eigenvalue weighted by molar-refractivity contribution is 7.47. The Morgan fingerprint density at radius 2 is 0.482 bits per heavy atom. The number of phosphoric acid groups is 2. The molecule has 0 fully saturated rings. The Kier molecular flexibility index (Phi) is 78.8. The Labute approximate surface area is 679 Å². The molecule has 0 aliphatic rings. The third kappa shape index (κ3) is 82.2. The fourth-order valence-corrected chi connectivity index (χ4v) is 12.5. The summed E-state index contributed by atoms with van der Waals surface area (Å²) in [5, 5.41) is 10.7. The van der Waals surface area contributed by atoms with Crippen molar-refractivity contribution in [2.24, 2.45) is 0 Å². The van der Waals surface area contributed by atoms with Crippen LogP contribution in [0.1, 0.15) is 323 Å². The Bertz CT molecular complexity index is 2840. The lowest BCUT2D eigenvalue weighted by Gasteiger charge is -2.21. The van der Waals surface area contributed by atoms with Gasteiger partial charge in [-0.2, -0.15) is 0 Å². The summed E-state index contributed by atoms with van der Waals surface area (Å²) in [6.45, 7) is 4.48. The average Bonchev–Trinajstić information content (AvgIpc) is 0.898. The molecule has 0 heterocycles. The molecule has 0 aromatic carbocycles. The number of ether oxygens (including phenoxy) is 4. The summed E-state index contributed by atoms with van der Waals surface area (Å²) < 4.78 is 68.7. The van der Waals surface area contributed by atoms with E-state index in [-0.39, 0.29) is 25.7 Å². The molecule has 0 spiro atoms. The van der Waals surface area contributed by atoms with Crippen LogP contribution in [0.5, 0.6) is 0 Å². The van der Waals surface area contributed by atoms with Crippen LogP contribution in [0.3, 0.4) is 0 Å². The third-order valence-corrected chi connectivity index (χ3v) is 19.3. The molecule has 0 radical (unpaired) electrons. The lowest BCUT2D eigenvalue weighted by atomic mass is 10.0. The zero-order chi connectivity index (χ0) is 81.7. The summed E-state index contributed by atoms with van der Waals surface area (Å²) in [6, 6.07) is 0. The van der Waals surface area contributed by atoms with Gasteiger partial charge >= 0.3 is 39.5 Å². The zero-order valence-corrected chi connectivity index (χ0v) is 71.6. The Hall–Kier alpha value is -5.84. The molecular formula is C93H152O17P2. The van der Waals surface area contributed by atoms with Crippen molar-refractivity contribution >= 4 is 39.5 Å². The van der Waals surface area contributed by atoms with Crippen molar-refractivity contribution in [2.45, 2.75) is 341 Å². The molecule has 0 bridgehead atoms. The number of esters is 4. The predicted molar refractivity (Wildman–Crippen MR) is 463 cm³/mol. The van der Waals surface area contributed by atoms with E-state index >= 15 is 0 Å². The van der Waals surface area contributed by atoms with Gasteiger partial charge in [0.15, 0.2) is 12.2 Å². The fourth-order valence-electron chi connectivity index (χ4n) is 10.9. The molecule has 19 heteroatoms. The van der Waals surface area contributed by atoms with E-state index in [1.807, 2.05) is 18.2 Å². The van der Waals surface area contributed by atoms with Gasteiger partial charge in [-0.3, -0.25) is 37.3 Å². The maximum absolute atomic E-state index is 13.1. The largest absolute Gasteiger partial charge is 0.472 e. The SMILES string of the molecule is CC/C=C\C/C=C\C/C=C\C/C=C\C/C=C\CCCCCC(=O)OC[C@H](COP(=O)(O)OC[C@@H](O)COP(=O)(O)OC[C@@H](COC(=O)CCCCC/C=C\C/C=C\C/C=C\C/C=C\C/C=C\CC)OC(=O)CCCCCCCCCCCCCCCCC)OC(=O)CC/C=C\C/C=C\C/C=C\C/C=C\C/C=C\CCCCC. The molecule has 3 N–H and O–H groups in total. The molecule has 112 heavy (non-hydrogen) atoms. The van der Waals surface area contributed by atoms with Crippen LogP contribution in [0.15, 0.2) is 182 Å². The monoisotopic (exact) mass is 1600 g/mol. The Morgan fingerprint density at radius 3 is 0.786 bits per heavy atom. The number of allylic oxidation sites excluding steroid dienone is 30. The molecule has 0 aliphatic heterocycles. The zero-order valence-electron chi connectivity index (χ0n) is 69.8. The molecule has 636 valence electrons. The van der Waals surface area contributed by atoms with Crippen molar-refractivity contribution < 1.29 is 80.2 Å². The number of hydrogen-bond donors (Lipinski definition) is 3. The molecule has 0 saturated carbocycles. The number of aliphatic hydroxyl groups is 1. The number of carbonyl (C=O) groups excluding carboxylic acids is 4. The minimum atomic E-state index is -5.02. The van der Waals surface area contributed by atoms with Gasteiger partial charge < -0.3 is 33.8 Å². The van der Waals surface area contributed by atoms with Gasteiger partial charge in [0.2, 0.25) is 0 Å². The average molecular weight is 1600 g/mol. The highest BCUT2D eigenvalue weighted by Crippen LogP contribution is 2.45. The summed E-state index contributed by atoms with van der Waals surface area (Å²) in [5.74, 6) is -2.35. The van der Waals surface area contributed by atoms with Crippen LogP contribution >= 0.6 is 15.6 Å². The smallest absolute Gasteiger partial charge is 0.462 e. The molecule has 0 rings (SSSR count). The van der Waals surface area contributed by atoms with E-state index in [1.54, 1.807) is 0 Å². The second-order valence-corrected chi connectivity index (χ2v) is 30.9. The number of hydrogen-bond acceptors (Lipinski definition) is 15. The van der Waals surface area contributed by atoms with E-state index in [9.17, 15) is 43.2 Å². The Balaban J connectivity index is 5.52. The van der Waals surface area contributed by atoms with Gasteiger partial charge in [-0.15, -0.1) is 0 Å². The highest BCUT2D eigenvalue weighted by atomic mass is 31.2. The quantitative estimate of drug-likeness (QED) is 0.0169. The van der Waals surface area contributed by atoms with Gasteiger partial charge in [0.1, 0.15) is 19.3 Å². The van der Waals surface area contributed by atoms with Crippen LogP contribution in [-0.4, -0.2) is 96.7 Å². The van der Waals surface area contributed by atoms with Crippen LogP contribution in [0.25, 0.3) is 0 Å². The van der Waals surface area contributed by atoms with E-state index in [0.717, 1.165) is 154 Å². The first-order valence-electron chi connectivity index (χ1n) is 43.0. The van der Waals surface area contributed by atoms with Gasteiger partial charge in [-0.1, -0.05) is 326 Å². The van der Waals surface area contributed by atoms with Crippen LogP contribution in [0, 0.1) is 0 Å². The first-order valence-corrected chi connectivity index (χ1v) is 46.0. The topological polar surface area (TPSA) is 237 Å². The third-order valence-electron chi connectivity index (χ3n) is 17.4. The van der Waals surface area contributed by atoms with Crippen molar-refractivity contribution in [2.75, 3.05) is 39.6 Å². The van der Waals surface area contributed by atoms with Gasteiger partial charge in [0.05, 0.1) is 26.4 Å². The number of carbonyl (C=O) groups is 4. The normalized spacial score (nSPS) is 14.7. The molecule has 17 nitrogen and oxygen atoms in total. The number of phosphoric ester groups is 2. The van der Waals surface area contributed by atoms with Crippen molar-refractivity contribution in [3.63, 3.8) is 0 Å². The second kappa shape index (κ2) is 83.1. The summed E-state index contributed by atoms with van der Waals surface area (Å²) in [6.07, 6.45) is 102. The first-order chi connectivity index (χ1) is 54.7. The van der Waals surface area contributed by atoms with Crippen LogP contribution in [-0.2, 0) is 65.4 Å². The highest BCUT2D eigenvalue weighted by Gasteiger charge is 2.30. The summed E-state index contributed by atoms with van der Waals surface area (Å²) in [4.78, 5) is 73.3. The van der Waals surface area contributed by atoms with E-state index in [4.69, 9.17) is 37.0 Å². The van der Waals surface area contributed by atoms with Gasteiger partial charge in [0, 0.05) is 25.7 Å². The molecule has 0 aromatic rings. The molecule has 0 aromatic heterocycles. The first kappa shape index (κ1) is 106. The lowest BCUT2D eigenvalue weighted by molar-refractivity contribution is -0.161. The number of unbranched alkanes of at least 4 members (excludes halogenated alkanes) is 23. The fraction of sp³-hybridized carbons (Fsp3) is 0.634. The van der Waals surface area contributed by atoms with E-state index in [0.29, 0.717) is 32.1 Å². The van der Waals surface area contributed by atoms with E-state index < -0.39 is 97.5 Å². The van der Waals surface area contributed by atoms with Crippen LogP contribution in [0.2, 0.25) is 0 Å². The molecule has 5 atom stereocenters. The van der Waals surface area contributed by atoms with Gasteiger partial charge in [-0.25, -0.2) is 9.13 Å². The van der Waals surface area contributed by atoms with Crippen molar-refractivity contribution in [1.82, 2.24) is 0 Å². The standard InChI is InChI=1S/C93H152O17P2/c1-5-9-13-17-21-25-29-33-37-40-43-46-50-53-57-61-65-69-73-77-90(95)103-83-88(109-92(97)79-75-71-67-63-59-55-49-36-32-28-24-20-16-12-8-4)85-107-111(99,100)105-81-87(94)82-106-112(101,102)108-86-89(110-93(98)80-76-72-68-64-60-56-52-48-45-42-39-35-31-27-23-19-15-11-7-3)84-104-91(96)78-74-70-66-62-58-54-51-47-44-41-38-34-30-26-22-18-14-10-6-2/h9-10,13-14,21-23,25-27,33-35,37-39,43-48,53-54,56-58,60,68,72,87-89,94H,5-8,11-12,15-20,24,28-32,36,40-42,49-52,55,59,61-67,69-71,73-86H2,1-4H3,(H,99,100)(H,101,102)/b13-9-,14-10-,25-21-,26-22-,27-23-,37-33-,38-34-,39-35-,46-43-,47-44-,48-45-,57-53-,58-54-,60-56-,72-68-/t87-,88+,89+/m0/s1. The van der Waals surface area contributed by atoms with Crippen molar-refractivity contribution in [3.8, 4) is 0 Å². The van der Waals surface area contributed by atoms with E-state index in [2.05, 4.69) is 192 Å². The van der Waals surface area contributed by atoms with Crippen LogP contribution < -0.4 is 0 Å². The number of rotatable bonds is 79. The minimum Gasteiger partial charge on any atom is -0.462 e. The summed E-state index contributed by atoms with van der Waals surface area (Å²) in [7, 11) is -10.0. The molecule has 2 unspecified atom stereocenters. The summed E-state index contributed by atoms with van der Waals surface area (Å²) in [5.41, 5.74) is 0. The minimum absolute atomic E-state index is 0.0431. The second-order valence-electron chi connectivity index (χ2n) is 28.0. The Morgan fingerprint density at radius 1 is 0.259 bits per heavy atom. The number of aliphatic hydroxyl groups excluding tert-OH is 1. The molecule has 0 aliphatic carbocycles. The maximum atomic E-state index is 13.1.